The summed E-state index contributed by atoms with van der Waals surface area (Å²) in [6.07, 6.45) is 0. The lowest BCUT2D eigenvalue weighted by Gasteiger charge is -2.13. The zero-order valence-electron chi connectivity index (χ0n) is 10.9. The number of aryl methyl sites for hydroxylation is 1. The molecule has 0 saturated heterocycles. The molecule has 1 amide bonds. The van der Waals surface area contributed by atoms with Gasteiger partial charge < -0.3 is 10.6 Å². The normalized spacial score (nSPS) is 11.6. The van der Waals surface area contributed by atoms with E-state index in [2.05, 4.69) is 10.6 Å². The van der Waals surface area contributed by atoms with E-state index in [0.29, 0.717) is 6.54 Å². The summed E-state index contributed by atoms with van der Waals surface area (Å²) in [6.45, 7) is 7.13. The van der Waals surface area contributed by atoms with E-state index in [0.717, 1.165) is 12.1 Å². The molecule has 0 aliphatic carbocycles. The van der Waals surface area contributed by atoms with Gasteiger partial charge in [-0.1, -0.05) is 18.6 Å². The first kappa shape index (κ1) is 16.9. The molecule has 1 aromatic carbocycles. The van der Waals surface area contributed by atoms with Gasteiger partial charge in [-0.25, -0.2) is 4.39 Å². The van der Waals surface area contributed by atoms with E-state index in [1.54, 1.807) is 12.1 Å². The van der Waals surface area contributed by atoms with Crippen LogP contribution in [0.4, 0.5) is 4.39 Å². The van der Waals surface area contributed by atoms with Gasteiger partial charge in [0.2, 0.25) is 0 Å². The summed E-state index contributed by atoms with van der Waals surface area (Å²) in [5.74, 6) is -0.847. The molecule has 5 heteroatoms. The second-order valence-electron chi connectivity index (χ2n) is 4.15. The second kappa shape index (κ2) is 8.06. The van der Waals surface area contributed by atoms with Crippen LogP contribution in [-0.2, 0) is 0 Å². The fourth-order valence-electron chi connectivity index (χ4n) is 1.57. The summed E-state index contributed by atoms with van der Waals surface area (Å²) in [5, 5.41) is 5.88. The van der Waals surface area contributed by atoms with Crippen molar-refractivity contribution in [1.29, 1.82) is 0 Å². The minimum Gasteiger partial charge on any atom is -0.350 e. The number of halogens is 2. The summed E-state index contributed by atoms with van der Waals surface area (Å²) < 4.78 is 13.4. The molecule has 0 saturated carbocycles. The lowest BCUT2D eigenvalue weighted by Crippen LogP contribution is -2.39. The Morgan fingerprint density at radius 2 is 2.11 bits per heavy atom. The highest BCUT2D eigenvalue weighted by Gasteiger charge is 2.12. The first-order chi connectivity index (χ1) is 8.04. The molecular formula is C13H20ClFN2O. The Labute approximate surface area is 114 Å². The maximum absolute atomic E-state index is 13.4. The van der Waals surface area contributed by atoms with E-state index < -0.39 is 5.82 Å². The van der Waals surface area contributed by atoms with Gasteiger partial charge in [0.05, 0.1) is 5.56 Å². The third-order valence-electron chi connectivity index (χ3n) is 2.49. The summed E-state index contributed by atoms with van der Waals surface area (Å²) in [4.78, 5) is 11.7. The predicted octanol–water partition coefficient (Wildman–Crippen LogP) is 2.28. The third-order valence-corrected chi connectivity index (χ3v) is 2.49. The Balaban J connectivity index is 0.00000289. The van der Waals surface area contributed by atoms with Crippen LogP contribution in [-0.4, -0.2) is 25.0 Å². The number of likely N-dealkylation sites (N-methyl/N-ethyl adjacent to an activating group) is 1. The van der Waals surface area contributed by atoms with Crippen molar-refractivity contribution in [3.05, 3.63) is 35.1 Å². The van der Waals surface area contributed by atoms with E-state index in [9.17, 15) is 9.18 Å². The van der Waals surface area contributed by atoms with Crippen LogP contribution < -0.4 is 10.6 Å². The van der Waals surface area contributed by atoms with Gasteiger partial charge in [-0.15, -0.1) is 12.4 Å². The summed E-state index contributed by atoms with van der Waals surface area (Å²) in [5.41, 5.74) is 0.977. The molecule has 0 bridgehead atoms. The highest BCUT2D eigenvalue weighted by Crippen LogP contribution is 2.09. The van der Waals surface area contributed by atoms with Crippen LogP contribution in [0.2, 0.25) is 0 Å². The molecule has 102 valence electrons. The number of rotatable bonds is 5. The number of hydrogen-bond acceptors (Lipinski definition) is 2. The van der Waals surface area contributed by atoms with Crippen molar-refractivity contribution in [3.63, 3.8) is 0 Å². The van der Waals surface area contributed by atoms with Crippen LogP contribution in [0.5, 0.6) is 0 Å². The molecule has 18 heavy (non-hydrogen) atoms. The number of carbonyl (C=O) groups excluding carboxylic acids is 1. The van der Waals surface area contributed by atoms with Crippen LogP contribution in [0, 0.1) is 12.7 Å². The molecule has 0 fully saturated rings. The molecule has 0 unspecified atom stereocenters. The van der Waals surface area contributed by atoms with Crippen LogP contribution in [0.15, 0.2) is 18.2 Å². The van der Waals surface area contributed by atoms with E-state index in [1.807, 2.05) is 20.8 Å². The van der Waals surface area contributed by atoms with Gasteiger partial charge in [0.25, 0.3) is 5.91 Å². The number of hydrogen-bond donors (Lipinski definition) is 2. The van der Waals surface area contributed by atoms with Crippen LogP contribution in [0.25, 0.3) is 0 Å². The minimum atomic E-state index is -0.482. The fourth-order valence-corrected chi connectivity index (χ4v) is 1.57. The molecule has 2 N–H and O–H groups in total. The van der Waals surface area contributed by atoms with Gasteiger partial charge in [-0.05, 0) is 32.5 Å². The van der Waals surface area contributed by atoms with Gasteiger partial charge in [0.1, 0.15) is 5.82 Å². The van der Waals surface area contributed by atoms with Gasteiger partial charge in [-0.3, -0.25) is 4.79 Å². The lowest BCUT2D eigenvalue weighted by atomic mass is 10.1. The Morgan fingerprint density at radius 1 is 1.44 bits per heavy atom. The first-order valence-electron chi connectivity index (χ1n) is 5.82. The number of benzene rings is 1. The third kappa shape index (κ3) is 5.02. The molecule has 0 aromatic heterocycles. The quantitative estimate of drug-likeness (QED) is 0.865. The molecule has 1 aromatic rings. The number of nitrogens with one attached hydrogen (secondary N) is 2. The summed E-state index contributed by atoms with van der Waals surface area (Å²) in [6, 6.07) is 4.70. The average Bonchev–Trinajstić information content (AvgIpc) is 2.29. The fraction of sp³-hybridized carbons (Fsp3) is 0.462. The van der Waals surface area contributed by atoms with E-state index in [4.69, 9.17) is 0 Å². The molecule has 1 atom stereocenters. The van der Waals surface area contributed by atoms with E-state index >= 15 is 0 Å². The average molecular weight is 275 g/mol. The summed E-state index contributed by atoms with van der Waals surface area (Å²) >= 11 is 0. The van der Waals surface area contributed by atoms with Crippen LogP contribution in [0.3, 0.4) is 0 Å². The van der Waals surface area contributed by atoms with E-state index in [1.165, 1.54) is 6.07 Å². The van der Waals surface area contributed by atoms with Crippen molar-refractivity contribution in [3.8, 4) is 0 Å². The van der Waals surface area contributed by atoms with Crippen molar-refractivity contribution < 1.29 is 9.18 Å². The van der Waals surface area contributed by atoms with Gasteiger partial charge in [0.15, 0.2) is 0 Å². The Hall–Kier alpha value is -1.13. The molecule has 0 heterocycles. The molecule has 0 aliphatic heterocycles. The van der Waals surface area contributed by atoms with Crippen molar-refractivity contribution in [2.24, 2.45) is 0 Å². The van der Waals surface area contributed by atoms with Gasteiger partial charge >= 0.3 is 0 Å². The molecule has 1 rings (SSSR count). The smallest absolute Gasteiger partial charge is 0.254 e. The Bertz CT molecular complexity index is 399. The highest BCUT2D eigenvalue weighted by atomic mass is 35.5. The molecule has 0 spiro atoms. The van der Waals surface area contributed by atoms with Crippen LogP contribution in [0.1, 0.15) is 29.8 Å². The molecule has 0 radical (unpaired) electrons. The Kier molecular flexibility index (Phi) is 7.55. The second-order valence-corrected chi connectivity index (χ2v) is 4.15. The van der Waals surface area contributed by atoms with Crippen molar-refractivity contribution in [2.75, 3.05) is 13.1 Å². The molecule has 3 nitrogen and oxygen atoms in total. The van der Waals surface area contributed by atoms with Gasteiger partial charge in [-0.2, -0.15) is 0 Å². The Morgan fingerprint density at radius 3 is 2.72 bits per heavy atom. The highest BCUT2D eigenvalue weighted by molar-refractivity contribution is 5.94. The standard InChI is InChI=1S/C13H19FN2O.ClH/c1-4-15-10(3)8-16-13(17)11-7-9(2)5-6-12(11)14;/h5-7,10,15H,4,8H2,1-3H3,(H,16,17);1H/t10-;/m1./s1. The number of carbonyl (C=O) groups is 1. The van der Waals surface area contributed by atoms with Crippen molar-refractivity contribution in [1.82, 2.24) is 10.6 Å². The largest absolute Gasteiger partial charge is 0.350 e. The zero-order valence-corrected chi connectivity index (χ0v) is 11.7. The predicted molar refractivity (Wildman–Crippen MR) is 73.9 cm³/mol. The summed E-state index contributed by atoms with van der Waals surface area (Å²) in [7, 11) is 0. The minimum absolute atomic E-state index is 0. The molecular weight excluding hydrogens is 255 g/mol. The number of amides is 1. The van der Waals surface area contributed by atoms with Crippen molar-refractivity contribution >= 4 is 18.3 Å². The van der Waals surface area contributed by atoms with Crippen molar-refractivity contribution in [2.45, 2.75) is 26.8 Å². The van der Waals surface area contributed by atoms with Gasteiger partial charge in [0, 0.05) is 12.6 Å². The zero-order chi connectivity index (χ0) is 12.8. The first-order valence-corrected chi connectivity index (χ1v) is 5.82. The molecule has 0 aliphatic rings. The van der Waals surface area contributed by atoms with E-state index in [-0.39, 0.29) is 29.9 Å². The topological polar surface area (TPSA) is 41.1 Å². The maximum atomic E-state index is 13.4. The lowest BCUT2D eigenvalue weighted by molar-refractivity contribution is 0.0946. The van der Waals surface area contributed by atoms with Crippen LogP contribution >= 0.6 is 12.4 Å². The SMILES string of the molecule is CCN[C@H](C)CNC(=O)c1cc(C)ccc1F.Cl. The maximum Gasteiger partial charge on any atom is 0.254 e. The monoisotopic (exact) mass is 274 g/mol.